The van der Waals surface area contributed by atoms with E-state index in [0.717, 1.165) is 42.4 Å². The van der Waals surface area contributed by atoms with Gasteiger partial charge in [-0.25, -0.2) is 0 Å². The van der Waals surface area contributed by atoms with Crippen molar-refractivity contribution in [1.29, 1.82) is 0 Å². The SMILES string of the molecule is CC(=O)O[C@H]1CCCC2CC[C@]3(C)[C@@H](CCCCC(C)C)CC[C@H]3[C@@H]2CCC(C)C1. The molecule has 0 N–H and O–H groups in total. The van der Waals surface area contributed by atoms with Gasteiger partial charge in [-0.3, -0.25) is 4.79 Å². The molecule has 3 fully saturated rings. The molecular weight excluding hydrogens is 368 g/mol. The number of fused-ring (bicyclic) bond motifs is 3. The second-order valence-corrected chi connectivity index (χ2v) is 12.1. The first-order valence-electron chi connectivity index (χ1n) is 13.5. The maximum atomic E-state index is 11.5. The normalized spacial score (nSPS) is 39.9. The van der Waals surface area contributed by atoms with Crippen molar-refractivity contribution in [2.24, 2.45) is 40.9 Å². The average molecular weight is 419 g/mol. The first-order chi connectivity index (χ1) is 14.3. The first kappa shape index (κ1) is 24.1. The van der Waals surface area contributed by atoms with Crippen molar-refractivity contribution in [2.45, 2.75) is 131 Å². The molecule has 0 radical (unpaired) electrons. The van der Waals surface area contributed by atoms with Gasteiger partial charge in [0.2, 0.25) is 0 Å². The Morgan fingerprint density at radius 3 is 2.57 bits per heavy atom. The highest BCUT2D eigenvalue weighted by atomic mass is 16.5. The van der Waals surface area contributed by atoms with Gasteiger partial charge < -0.3 is 4.74 Å². The molecular formula is C28H50O2. The van der Waals surface area contributed by atoms with Gasteiger partial charge >= 0.3 is 5.97 Å². The monoisotopic (exact) mass is 418 g/mol. The Kier molecular flexibility index (Phi) is 8.73. The molecule has 3 saturated carbocycles. The summed E-state index contributed by atoms with van der Waals surface area (Å²) in [5, 5.41) is 0. The van der Waals surface area contributed by atoms with Crippen LogP contribution in [0.3, 0.4) is 0 Å². The van der Waals surface area contributed by atoms with Crippen LogP contribution in [0.5, 0.6) is 0 Å². The van der Waals surface area contributed by atoms with Gasteiger partial charge in [-0.2, -0.15) is 0 Å². The van der Waals surface area contributed by atoms with Gasteiger partial charge in [0.25, 0.3) is 0 Å². The summed E-state index contributed by atoms with van der Waals surface area (Å²) in [6.07, 6.45) is 19.3. The predicted octanol–water partition coefficient (Wildman–Crippen LogP) is 8.18. The minimum atomic E-state index is -0.0963. The Morgan fingerprint density at radius 1 is 1.03 bits per heavy atom. The van der Waals surface area contributed by atoms with E-state index in [1.807, 2.05) is 0 Å². The van der Waals surface area contributed by atoms with Crippen molar-refractivity contribution >= 4 is 5.97 Å². The molecule has 7 atom stereocenters. The number of carbonyl (C=O) groups excluding carboxylic acids is 1. The summed E-state index contributed by atoms with van der Waals surface area (Å²) in [5.74, 6) is 5.27. The molecule has 2 heteroatoms. The maximum Gasteiger partial charge on any atom is 0.302 e. The minimum absolute atomic E-state index is 0.0963. The minimum Gasteiger partial charge on any atom is -0.463 e. The van der Waals surface area contributed by atoms with Crippen LogP contribution in [0.15, 0.2) is 0 Å². The van der Waals surface area contributed by atoms with Crippen LogP contribution in [0, 0.1) is 40.9 Å². The third-order valence-electron chi connectivity index (χ3n) is 9.46. The molecule has 0 aromatic heterocycles. The molecule has 0 amide bonds. The van der Waals surface area contributed by atoms with Crippen LogP contribution in [0.1, 0.15) is 125 Å². The lowest BCUT2D eigenvalue weighted by molar-refractivity contribution is -0.147. The molecule has 3 aliphatic carbocycles. The van der Waals surface area contributed by atoms with Crippen molar-refractivity contribution in [2.75, 3.05) is 0 Å². The Hall–Kier alpha value is -0.530. The van der Waals surface area contributed by atoms with Crippen LogP contribution in [0.4, 0.5) is 0 Å². The Balaban J connectivity index is 1.60. The van der Waals surface area contributed by atoms with Gasteiger partial charge in [0.15, 0.2) is 0 Å². The molecule has 0 heterocycles. The molecule has 3 rings (SSSR count). The zero-order valence-corrected chi connectivity index (χ0v) is 20.8. The third kappa shape index (κ3) is 6.04. The maximum absolute atomic E-state index is 11.5. The summed E-state index contributed by atoms with van der Waals surface area (Å²) in [4.78, 5) is 11.5. The van der Waals surface area contributed by atoms with Gasteiger partial charge in [-0.15, -0.1) is 0 Å². The summed E-state index contributed by atoms with van der Waals surface area (Å²) in [5.41, 5.74) is 0.618. The molecule has 0 bridgehead atoms. The summed E-state index contributed by atoms with van der Waals surface area (Å²) in [7, 11) is 0. The molecule has 3 aliphatic rings. The lowest BCUT2D eigenvalue weighted by atomic mass is 9.55. The smallest absolute Gasteiger partial charge is 0.302 e. The third-order valence-corrected chi connectivity index (χ3v) is 9.46. The van der Waals surface area contributed by atoms with Crippen LogP contribution < -0.4 is 0 Å². The molecule has 2 unspecified atom stereocenters. The topological polar surface area (TPSA) is 26.3 Å². The molecule has 0 aliphatic heterocycles. The van der Waals surface area contributed by atoms with Gasteiger partial charge in [0.05, 0.1) is 0 Å². The molecule has 0 aromatic rings. The summed E-state index contributed by atoms with van der Waals surface area (Å²) in [6.45, 7) is 11.4. The first-order valence-corrected chi connectivity index (χ1v) is 13.5. The molecule has 174 valence electrons. The van der Waals surface area contributed by atoms with E-state index in [1.54, 1.807) is 6.92 Å². The largest absolute Gasteiger partial charge is 0.463 e. The Morgan fingerprint density at radius 2 is 1.83 bits per heavy atom. The number of hydrogen-bond donors (Lipinski definition) is 0. The second kappa shape index (κ2) is 10.9. The van der Waals surface area contributed by atoms with Crippen LogP contribution in [0.25, 0.3) is 0 Å². The van der Waals surface area contributed by atoms with Crippen molar-refractivity contribution in [3.05, 3.63) is 0 Å². The number of unbranched alkanes of at least 4 members (excludes halogenated alkanes) is 1. The number of ether oxygens (including phenoxy) is 1. The van der Waals surface area contributed by atoms with E-state index in [0.29, 0.717) is 11.3 Å². The van der Waals surface area contributed by atoms with Gasteiger partial charge in [-0.1, -0.05) is 59.8 Å². The summed E-state index contributed by atoms with van der Waals surface area (Å²) < 4.78 is 5.65. The second-order valence-electron chi connectivity index (χ2n) is 12.1. The van der Waals surface area contributed by atoms with Crippen LogP contribution in [-0.2, 0) is 9.53 Å². The number of esters is 1. The standard InChI is InChI=1S/C28H50O2/c1-20(2)9-6-7-11-24-14-16-27-26-15-13-21(3)19-25(30-22(4)29)12-8-10-23(26)17-18-28(24,27)5/h20-21,23-27H,6-19H2,1-5H3/t21?,23?,24-,25-,26+,27-,28+/m0/s1. The molecule has 0 saturated heterocycles. The zero-order valence-electron chi connectivity index (χ0n) is 20.8. The van der Waals surface area contributed by atoms with E-state index in [9.17, 15) is 4.79 Å². The lowest BCUT2D eigenvalue weighted by Crippen LogP contribution is -2.42. The van der Waals surface area contributed by atoms with Gasteiger partial charge in [0.1, 0.15) is 6.10 Å². The quantitative estimate of drug-likeness (QED) is 0.321. The Bertz CT molecular complexity index is 541. The molecule has 0 spiro atoms. The fourth-order valence-corrected chi connectivity index (χ4v) is 7.80. The van der Waals surface area contributed by atoms with Crippen molar-refractivity contribution in [3.63, 3.8) is 0 Å². The van der Waals surface area contributed by atoms with Crippen LogP contribution >= 0.6 is 0 Å². The number of carbonyl (C=O) groups is 1. The van der Waals surface area contributed by atoms with Gasteiger partial charge in [-0.05, 0) is 98.7 Å². The van der Waals surface area contributed by atoms with Crippen LogP contribution in [-0.4, -0.2) is 12.1 Å². The highest BCUT2D eigenvalue weighted by Crippen LogP contribution is 2.61. The van der Waals surface area contributed by atoms with Crippen molar-refractivity contribution in [3.8, 4) is 0 Å². The summed E-state index contributed by atoms with van der Waals surface area (Å²) >= 11 is 0. The van der Waals surface area contributed by atoms with E-state index >= 15 is 0 Å². The van der Waals surface area contributed by atoms with Crippen molar-refractivity contribution < 1.29 is 9.53 Å². The molecule has 30 heavy (non-hydrogen) atoms. The van der Waals surface area contributed by atoms with E-state index in [1.165, 1.54) is 77.0 Å². The van der Waals surface area contributed by atoms with E-state index in [2.05, 4.69) is 27.7 Å². The Labute approximate surface area is 187 Å². The van der Waals surface area contributed by atoms with Gasteiger partial charge in [0, 0.05) is 6.92 Å². The van der Waals surface area contributed by atoms with Crippen molar-refractivity contribution in [1.82, 2.24) is 0 Å². The number of hydrogen-bond acceptors (Lipinski definition) is 2. The zero-order chi connectivity index (χ0) is 21.7. The lowest BCUT2D eigenvalue weighted by Gasteiger charge is -2.50. The fourth-order valence-electron chi connectivity index (χ4n) is 7.80. The number of rotatable bonds is 6. The summed E-state index contributed by atoms with van der Waals surface area (Å²) in [6, 6.07) is 0. The highest BCUT2D eigenvalue weighted by molar-refractivity contribution is 5.66. The predicted molar refractivity (Wildman–Crippen MR) is 126 cm³/mol. The van der Waals surface area contributed by atoms with Crippen LogP contribution in [0.2, 0.25) is 0 Å². The van der Waals surface area contributed by atoms with E-state index in [-0.39, 0.29) is 12.1 Å². The molecule has 0 aromatic carbocycles. The average Bonchev–Trinajstić information content (AvgIpc) is 3.00. The highest BCUT2D eigenvalue weighted by Gasteiger charge is 2.52. The molecule has 2 nitrogen and oxygen atoms in total. The van der Waals surface area contributed by atoms with E-state index < -0.39 is 0 Å². The fraction of sp³-hybridized carbons (Fsp3) is 0.964. The van der Waals surface area contributed by atoms with E-state index in [4.69, 9.17) is 4.74 Å².